The Hall–Kier alpha value is -1.40. The average Bonchev–Trinajstić information content (AvgIpc) is 2.81. The average molecular weight is 283 g/mol. The van der Waals surface area contributed by atoms with Crippen molar-refractivity contribution in [3.05, 3.63) is 21.4 Å². The number of nitrogens with one attached hydrogen (secondary N) is 1. The van der Waals surface area contributed by atoms with Crippen molar-refractivity contribution in [2.45, 2.75) is 38.1 Å². The van der Waals surface area contributed by atoms with Crippen molar-refractivity contribution in [1.82, 2.24) is 5.32 Å². The molecular weight excluding hydrogens is 266 g/mol. The van der Waals surface area contributed by atoms with E-state index in [0.29, 0.717) is 5.56 Å². The Labute approximate surface area is 115 Å². The Kier molecular flexibility index (Phi) is 4.55. The number of fused-ring (bicyclic) bond motifs is 1. The fraction of sp³-hybridized carbons (Fsp3) is 0.538. The van der Waals surface area contributed by atoms with E-state index in [1.54, 1.807) is 11.3 Å². The minimum atomic E-state index is -1.12. The zero-order valence-electron chi connectivity index (χ0n) is 10.5. The Morgan fingerprint density at radius 3 is 2.79 bits per heavy atom. The van der Waals surface area contributed by atoms with Crippen molar-refractivity contribution in [1.29, 1.82) is 0 Å². The van der Waals surface area contributed by atoms with Crippen LogP contribution < -0.4 is 5.32 Å². The number of aliphatic hydroxyl groups is 1. The third-order valence-electron chi connectivity index (χ3n) is 3.33. The van der Waals surface area contributed by atoms with Gasteiger partial charge in [0.15, 0.2) is 0 Å². The molecule has 0 fully saturated rings. The predicted octanol–water partition coefficient (Wildman–Crippen LogP) is 1.19. The highest BCUT2D eigenvalue weighted by atomic mass is 32.1. The zero-order valence-corrected chi connectivity index (χ0v) is 11.3. The normalized spacial score (nSPS) is 15.6. The first-order valence-corrected chi connectivity index (χ1v) is 7.25. The number of rotatable bonds is 5. The van der Waals surface area contributed by atoms with Crippen LogP contribution in [0.2, 0.25) is 0 Å². The third kappa shape index (κ3) is 3.13. The van der Waals surface area contributed by atoms with E-state index in [9.17, 15) is 9.59 Å². The van der Waals surface area contributed by atoms with Crippen molar-refractivity contribution < 1.29 is 19.8 Å². The molecule has 0 unspecified atom stereocenters. The molecular formula is C13H17NO4S. The molecule has 1 aromatic rings. The second kappa shape index (κ2) is 6.16. The van der Waals surface area contributed by atoms with Gasteiger partial charge in [0.05, 0.1) is 5.56 Å². The summed E-state index contributed by atoms with van der Waals surface area (Å²) in [5, 5.41) is 22.1. The zero-order chi connectivity index (χ0) is 13.8. The number of aliphatic carboxylic acids is 1. The second-order valence-corrected chi connectivity index (χ2v) is 5.60. The highest BCUT2D eigenvalue weighted by Gasteiger charge is 2.24. The van der Waals surface area contributed by atoms with Crippen molar-refractivity contribution >= 4 is 23.2 Å². The van der Waals surface area contributed by atoms with Crippen LogP contribution in [0.25, 0.3) is 0 Å². The first-order valence-electron chi connectivity index (χ1n) is 6.37. The first-order chi connectivity index (χ1) is 9.13. The Morgan fingerprint density at radius 2 is 2.11 bits per heavy atom. The number of carbonyl (C=O) groups excluding carboxylic acids is 1. The van der Waals surface area contributed by atoms with Gasteiger partial charge in [0.25, 0.3) is 5.91 Å². The van der Waals surface area contributed by atoms with E-state index in [1.807, 2.05) is 5.38 Å². The molecule has 0 saturated carbocycles. The maximum Gasteiger partial charge on any atom is 0.326 e. The van der Waals surface area contributed by atoms with E-state index in [0.717, 1.165) is 31.2 Å². The molecule has 0 spiro atoms. The van der Waals surface area contributed by atoms with E-state index in [2.05, 4.69) is 5.32 Å². The van der Waals surface area contributed by atoms with E-state index in [4.69, 9.17) is 10.2 Å². The third-order valence-corrected chi connectivity index (χ3v) is 4.42. The number of aliphatic hydroxyl groups excluding tert-OH is 1. The minimum Gasteiger partial charge on any atom is -0.480 e. The number of carbonyl (C=O) groups is 2. The van der Waals surface area contributed by atoms with Crippen LogP contribution >= 0.6 is 11.3 Å². The Balaban J connectivity index is 2.11. The summed E-state index contributed by atoms with van der Waals surface area (Å²) in [6.07, 6.45) is 4.14. The van der Waals surface area contributed by atoms with Gasteiger partial charge in [0.1, 0.15) is 6.04 Å². The number of hydrogen-bond donors (Lipinski definition) is 3. The van der Waals surface area contributed by atoms with Crippen LogP contribution in [0, 0.1) is 0 Å². The first kappa shape index (κ1) is 14.0. The monoisotopic (exact) mass is 283 g/mol. The summed E-state index contributed by atoms with van der Waals surface area (Å²) in [6, 6.07) is -1.03. The number of aryl methyl sites for hydroxylation is 1. The number of amides is 1. The quantitative estimate of drug-likeness (QED) is 0.757. The molecule has 3 N–H and O–H groups in total. The van der Waals surface area contributed by atoms with Crippen LogP contribution in [-0.4, -0.2) is 34.7 Å². The molecule has 5 nitrogen and oxygen atoms in total. The number of thiophene rings is 1. The topological polar surface area (TPSA) is 86.6 Å². The van der Waals surface area contributed by atoms with Gasteiger partial charge < -0.3 is 15.5 Å². The molecule has 0 radical (unpaired) electrons. The molecule has 0 aliphatic heterocycles. The van der Waals surface area contributed by atoms with Crippen LogP contribution in [0.5, 0.6) is 0 Å². The van der Waals surface area contributed by atoms with E-state index < -0.39 is 12.0 Å². The van der Waals surface area contributed by atoms with Gasteiger partial charge in [-0.3, -0.25) is 4.79 Å². The molecule has 1 aromatic heterocycles. The van der Waals surface area contributed by atoms with E-state index >= 15 is 0 Å². The molecule has 0 bridgehead atoms. The summed E-state index contributed by atoms with van der Waals surface area (Å²) >= 11 is 1.57. The van der Waals surface area contributed by atoms with Gasteiger partial charge in [0, 0.05) is 23.3 Å². The van der Waals surface area contributed by atoms with Gasteiger partial charge in [-0.05, 0) is 31.2 Å². The maximum absolute atomic E-state index is 12.1. The van der Waals surface area contributed by atoms with Crippen LogP contribution in [0.15, 0.2) is 5.38 Å². The van der Waals surface area contributed by atoms with E-state index in [-0.39, 0.29) is 18.9 Å². The summed E-state index contributed by atoms with van der Waals surface area (Å²) in [6.45, 7) is -0.265. The van der Waals surface area contributed by atoms with Gasteiger partial charge in [0.2, 0.25) is 0 Å². The highest BCUT2D eigenvalue weighted by molar-refractivity contribution is 7.10. The summed E-state index contributed by atoms with van der Waals surface area (Å²) in [5.41, 5.74) is 1.67. The lowest BCUT2D eigenvalue weighted by Crippen LogP contribution is -2.41. The molecule has 0 saturated heterocycles. The van der Waals surface area contributed by atoms with Gasteiger partial charge in [-0.1, -0.05) is 0 Å². The van der Waals surface area contributed by atoms with Crippen LogP contribution in [-0.2, 0) is 17.6 Å². The van der Waals surface area contributed by atoms with Crippen molar-refractivity contribution in [3.8, 4) is 0 Å². The Bertz CT molecular complexity index is 483. The molecule has 104 valence electrons. The lowest BCUT2D eigenvalue weighted by molar-refractivity contribution is -0.139. The van der Waals surface area contributed by atoms with Crippen molar-refractivity contribution in [2.24, 2.45) is 0 Å². The number of hydrogen-bond acceptors (Lipinski definition) is 4. The molecule has 0 aromatic carbocycles. The molecule has 1 heterocycles. The number of carboxylic acid groups (broad SMARTS) is 1. The van der Waals surface area contributed by atoms with Crippen LogP contribution in [0.1, 0.15) is 40.1 Å². The van der Waals surface area contributed by atoms with Gasteiger partial charge in [-0.25, -0.2) is 4.79 Å². The van der Waals surface area contributed by atoms with Gasteiger partial charge in [-0.2, -0.15) is 0 Å². The standard InChI is InChI=1S/C13H17NO4S/c15-6-5-10(13(17)18)14-12(16)9-7-19-11-4-2-1-3-8(9)11/h7,10,15H,1-6H2,(H,14,16)(H,17,18)/t10-/m1/s1. The molecule has 2 rings (SSSR count). The lowest BCUT2D eigenvalue weighted by Gasteiger charge is -2.15. The predicted molar refractivity (Wildman–Crippen MR) is 71.6 cm³/mol. The summed E-state index contributed by atoms with van der Waals surface area (Å²) < 4.78 is 0. The van der Waals surface area contributed by atoms with Crippen molar-refractivity contribution in [2.75, 3.05) is 6.61 Å². The SMILES string of the molecule is O=C(N[C@H](CCO)C(=O)O)c1csc2c1CCCC2. The van der Waals surface area contributed by atoms with E-state index in [1.165, 1.54) is 4.88 Å². The molecule has 6 heteroatoms. The molecule has 1 amide bonds. The summed E-state index contributed by atoms with van der Waals surface area (Å²) in [5.74, 6) is -1.47. The molecule has 1 aliphatic rings. The minimum absolute atomic E-state index is 0.0212. The van der Waals surface area contributed by atoms with Gasteiger partial charge in [-0.15, -0.1) is 11.3 Å². The fourth-order valence-corrected chi connectivity index (χ4v) is 3.43. The van der Waals surface area contributed by atoms with Gasteiger partial charge >= 0.3 is 5.97 Å². The lowest BCUT2D eigenvalue weighted by atomic mass is 9.95. The van der Waals surface area contributed by atoms with Crippen molar-refractivity contribution in [3.63, 3.8) is 0 Å². The highest BCUT2D eigenvalue weighted by Crippen LogP contribution is 2.30. The van der Waals surface area contributed by atoms with Crippen LogP contribution in [0.3, 0.4) is 0 Å². The Morgan fingerprint density at radius 1 is 1.37 bits per heavy atom. The largest absolute Gasteiger partial charge is 0.480 e. The summed E-state index contributed by atoms with van der Waals surface area (Å²) in [7, 11) is 0. The molecule has 19 heavy (non-hydrogen) atoms. The smallest absolute Gasteiger partial charge is 0.326 e. The number of carboxylic acids is 1. The molecule has 1 atom stereocenters. The second-order valence-electron chi connectivity index (χ2n) is 4.63. The summed E-state index contributed by atoms with van der Waals surface area (Å²) in [4.78, 5) is 24.3. The molecule has 1 aliphatic carbocycles. The maximum atomic E-state index is 12.1. The van der Waals surface area contributed by atoms with Crippen LogP contribution in [0.4, 0.5) is 0 Å². The fourth-order valence-electron chi connectivity index (χ4n) is 2.31.